The van der Waals surface area contributed by atoms with Crippen LogP contribution >= 0.6 is 15.9 Å². The molecule has 0 atom stereocenters. The number of aromatic nitrogens is 1. The highest BCUT2D eigenvalue weighted by Gasteiger charge is 2.11. The Morgan fingerprint density at radius 3 is 2.88 bits per heavy atom. The molecule has 0 unspecified atom stereocenters. The molecule has 1 amide bonds. The number of nitrogens with one attached hydrogen (secondary N) is 1. The van der Waals surface area contributed by atoms with E-state index in [2.05, 4.69) is 31.1 Å². The Bertz CT molecular complexity index is 934. The van der Waals surface area contributed by atoms with Crippen molar-refractivity contribution in [3.63, 3.8) is 0 Å². The first-order chi connectivity index (χ1) is 11.5. The number of carbonyl (C=O) groups excluding carboxylic acids is 1. The fourth-order valence-corrected chi connectivity index (χ4v) is 2.59. The van der Waals surface area contributed by atoms with Gasteiger partial charge in [-0.05, 0) is 36.8 Å². The predicted molar refractivity (Wildman–Crippen MR) is 93.9 cm³/mol. The maximum atomic E-state index is 11.9. The van der Waals surface area contributed by atoms with Crippen LogP contribution in [-0.4, -0.2) is 22.6 Å². The summed E-state index contributed by atoms with van der Waals surface area (Å²) in [5.74, 6) is -0.0543. The number of aromatic hydroxyl groups is 1. The fraction of sp³-hybridized carbons (Fsp3) is 0.118. The maximum Gasteiger partial charge on any atom is 0.302 e. The van der Waals surface area contributed by atoms with Gasteiger partial charge in [-0.1, -0.05) is 34.1 Å². The van der Waals surface area contributed by atoms with Gasteiger partial charge in [0.15, 0.2) is 12.3 Å². The third-order valence-corrected chi connectivity index (χ3v) is 3.91. The van der Waals surface area contributed by atoms with Gasteiger partial charge in [0.2, 0.25) is 5.88 Å². The number of aryl methyl sites for hydroxylation is 1. The Morgan fingerprint density at radius 1 is 1.29 bits per heavy atom. The Morgan fingerprint density at radius 2 is 2.08 bits per heavy atom. The number of rotatable bonds is 4. The second-order valence-corrected chi connectivity index (χ2v) is 6.08. The summed E-state index contributed by atoms with van der Waals surface area (Å²) in [5.41, 5.74) is 1.85. The number of H-pyrrole nitrogens is 1. The minimum atomic E-state index is -0.540. The van der Waals surface area contributed by atoms with E-state index in [0.717, 1.165) is 10.0 Å². The average molecular weight is 388 g/mol. The summed E-state index contributed by atoms with van der Waals surface area (Å²) < 4.78 is 6.26. The van der Waals surface area contributed by atoms with Gasteiger partial charge >= 0.3 is 5.91 Å². The van der Waals surface area contributed by atoms with E-state index in [1.165, 1.54) is 0 Å². The summed E-state index contributed by atoms with van der Waals surface area (Å²) in [7, 11) is 0. The fourth-order valence-electron chi connectivity index (χ4n) is 2.23. The highest BCUT2D eigenvalue weighted by atomic mass is 79.9. The Kier molecular flexibility index (Phi) is 4.61. The number of benzene rings is 2. The van der Waals surface area contributed by atoms with Crippen molar-refractivity contribution in [2.75, 3.05) is 6.61 Å². The number of fused-ring (bicyclic) bond motifs is 1. The van der Waals surface area contributed by atoms with Crippen LogP contribution in [0.5, 0.6) is 11.6 Å². The van der Waals surface area contributed by atoms with E-state index in [1.807, 2.05) is 31.2 Å². The zero-order chi connectivity index (χ0) is 17.1. The molecule has 7 heteroatoms. The lowest BCUT2D eigenvalue weighted by Gasteiger charge is -2.05. The molecule has 0 spiro atoms. The van der Waals surface area contributed by atoms with Crippen molar-refractivity contribution in [1.29, 1.82) is 0 Å². The second-order valence-electron chi connectivity index (χ2n) is 5.16. The van der Waals surface area contributed by atoms with Gasteiger partial charge < -0.3 is 14.8 Å². The lowest BCUT2D eigenvalue weighted by molar-refractivity contribution is -0.120. The summed E-state index contributed by atoms with van der Waals surface area (Å²) >= 11 is 3.36. The van der Waals surface area contributed by atoms with E-state index in [-0.39, 0.29) is 18.2 Å². The molecule has 1 heterocycles. The monoisotopic (exact) mass is 387 g/mol. The first-order valence-electron chi connectivity index (χ1n) is 7.18. The summed E-state index contributed by atoms with van der Waals surface area (Å²) in [4.78, 5) is 14.6. The van der Waals surface area contributed by atoms with E-state index >= 15 is 0 Å². The third-order valence-electron chi connectivity index (χ3n) is 3.42. The largest absolute Gasteiger partial charge is 0.493 e. The topological polar surface area (TPSA) is 87.0 Å². The van der Waals surface area contributed by atoms with E-state index in [4.69, 9.17) is 4.74 Å². The van der Waals surface area contributed by atoms with Crippen LogP contribution in [0.1, 0.15) is 5.56 Å². The van der Waals surface area contributed by atoms with E-state index in [1.54, 1.807) is 18.2 Å². The molecule has 0 aliphatic heterocycles. The van der Waals surface area contributed by atoms with Gasteiger partial charge in [-0.3, -0.25) is 4.79 Å². The van der Waals surface area contributed by atoms with Gasteiger partial charge in [0.1, 0.15) is 5.75 Å². The summed E-state index contributed by atoms with van der Waals surface area (Å²) in [6.07, 6.45) is 0. The number of hydrogen-bond acceptors (Lipinski definition) is 4. The smallest absolute Gasteiger partial charge is 0.302 e. The van der Waals surface area contributed by atoms with Gasteiger partial charge in [0.05, 0.1) is 5.52 Å². The van der Waals surface area contributed by atoms with Crippen LogP contribution < -0.4 is 4.74 Å². The predicted octanol–water partition coefficient (Wildman–Crippen LogP) is 4.63. The molecule has 2 aromatic carbocycles. The molecule has 0 saturated carbocycles. The van der Waals surface area contributed by atoms with Crippen molar-refractivity contribution in [1.82, 2.24) is 4.98 Å². The van der Waals surface area contributed by atoms with Crippen molar-refractivity contribution < 1.29 is 14.6 Å². The van der Waals surface area contributed by atoms with Crippen molar-refractivity contribution in [3.05, 3.63) is 52.5 Å². The van der Waals surface area contributed by atoms with Crippen molar-refractivity contribution in [3.8, 4) is 11.6 Å². The van der Waals surface area contributed by atoms with Crippen LogP contribution in [0.25, 0.3) is 10.9 Å². The summed E-state index contributed by atoms with van der Waals surface area (Å²) in [5, 5.41) is 18.1. The Labute approximate surface area is 146 Å². The zero-order valence-corrected chi connectivity index (χ0v) is 14.4. The molecule has 1 aromatic heterocycles. The minimum Gasteiger partial charge on any atom is -0.493 e. The van der Waals surface area contributed by atoms with E-state index in [0.29, 0.717) is 16.7 Å². The van der Waals surface area contributed by atoms with Gasteiger partial charge in [-0.15, -0.1) is 10.2 Å². The molecule has 3 rings (SSSR count). The number of ether oxygens (including phenoxy) is 1. The minimum absolute atomic E-state index is 0.139. The quantitative estimate of drug-likeness (QED) is 0.639. The summed E-state index contributed by atoms with van der Waals surface area (Å²) in [6.45, 7) is 1.67. The number of amides is 1. The molecular weight excluding hydrogens is 374 g/mol. The normalized spacial score (nSPS) is 11.2. The molecule has 2 N–H and O–H groups in total. The van der Waals surface area contributed by atoms with Gasteiger partial charge in [-0.25, -0.2) is 0 Å². The highest BCUT2D eigenvalue weighted by Crippen LogP contribution is 2.36. The molecule has 0 bridgehead atoms. The van der Waals surface area contributed by atoms with E-state index < -0.39 is 5.91 Å². The van der Waals surface area contributed by atoms with Crippen LogP contribution in [0.2, 0.25) is 0 Å². The molecule has 122 valence electrons. The van der Waals surface area contributed by atoms with Crippen molar-refractivity contribution in [2.45, 2.75) is 6.92 Å². The molecule has 0 fully saturated rings. The molecule has 24 heavy (non-hydrogen) atoms. The molecule has 0 aliphatic rings. The second kappa shape index (κ2) is 6.84. The van der Waals surface area contributed by atoms with Gasteiger partial charge in [-0.2, -0.15) is 0 Å². The average Bonchev–Trinajstić information content (AvgIpc) is 2.87. The lowest BCUT2D eigenvalue weighted by Crippen LogP contribution is -2.08. The molecule has 6 nitrogen and oxygen atoms in total. The van der Waals surface area contributed by atoms with Gasteiger partial charge in [0, 0.05) is 9.86 Å². The number of hydrogen-bond donors (Lipinski definition) is 2. The number of aromatic amines is 1. The van der Waals surface area contributed by atoms with Crippen LogP contribution in [0.4, 0.5) is 5.69 Å². The van der Waals surface area contributed by atoms with Gasteiger partial charge in [0.25, 0.3) is 0 Å². The third kappa shape index (κ3) is 3.46. The van der Waals surface area contributed by atoms with Crippen LogP contribution in [0.3, 0.4) is 0 Å². The Balaban J connectivity index is 1.74. The number of azo groups is 1. The molecular formula is C17H14BrN3O3. The Hall–Kier alpha value is -2.67. The lowest BCUT2D eigenvalue weighted by atomic mass is 10.2. The van der Waals surface area contributed by atoms with E-state index in [9.17, 15) is 9.90 Å². The maximum absolute atomic E-state index is 11.9. The molecule has 0 aliphatic carbocycles. The van der Waals surface area contributed by atoms with Crippen LogP contribution in [0, 0.1) is 6.92 Å². The summed E-state index contributed by atoms with van der Waals surface area (Å²) in [6, 6.07) is 12.8. The SMILES string of the molecule is Cc1ccccc1OCC(=O)N=Nc1c(O)[nH]c2ccc(Br)cc12. The number of nitrogens with zero attached hydrogens (tertiary/aromatic N) is 2. The molecule has 3 aromatic rings. The molecule has 0 radical (unpaired) electrons. The standard InChI is InChI=1S/C17H14BrN3O3/c1-10-4-2-3-5-14(10)24-9-15(22)20-21-16-12-8-11(18)6-7-13(12)19-17(16)23/h2-8,19,23H,9H2,1H3. The molecule has 0 saturated heterocycles. The van der Waals surface area contributed by atoms with Crippen LogP contribution in [0.15, 0.2) is 57.2 Å². The number of halogens is 1. The highest BCUT2D eigenvalue weighted by molar-refractivity contribution is 9.10. The first kappa shape index (κ1) is 16.2. The number of para-hydroxylation sites is 1. The zero-order valence-electron chi connectivity index (χ0n) is 12.8. The first-order valence-corrected chi connectivity index (χ1v) is 7.97. The van der Waals surface area contributed by atoms with Crippen LogP contribution in [-0.2, 0) is 4.79 Å². The van der Waals surface area contributed by atoms with Crippen molar-refractivity contribution >= 4 is 38.4 Å². The van der Waals surface area contributed by atoms with Crippen molar-refractivity contribution in [2.24, 2.45) is 10.2 Å². The number of carbonyl (C=O) groups is 1.